The molecule has 0 unspecified atom stereocenters. The van der Waals surface area contributed by atoms with Crippen LogP contribution in [0, 0.1) is 0 Å². The van der Waals surface area contributed by atoms with E-state index in [0.29, 0.717) is 6.10 Å². The number of likely N-dealkylation sites (tertiary alicyclic amines) is 1. The van der Waals surface area contributed by atoms with E-state index in [0.717, 1.165) is 83.1 Å². The quantitative estimate of drug-likeness (QED) is 0.635. The van der Waals surface area contributed by atoms with Crippen molar-refractivity contribution in [1.82, 2.24) is 14.7 Å². The van der Waals surface area contributed by atoms with Gasteiger partial charge in [0.2, 0.25) is 0 Å². The second-order valence-electron chi connectivity index (χ2n) is 8.73. The fourth-order valence-corrected chi connectivity index (χ4v) is 4.47. The van der Waals surface area contributed by atoms with Crippen molar-refractivity contribution in [3.05, 3.63) is 65.7 Å². The van der Waals surface area contributed by atoms with Gasteiger partial charge in [0.1, 0.15) is 11.9 Å². The molecule has 6 heteroatoms. The lowest BCUT2D eigenvalue weighted by Gasteiger charge is -2.35. The van der Waals surface area contributed by atoms with Crippen LogP contribution >= 0.6 is 0 Å². The van der Waals surface area contributed by atoms with Crippen LogP contribution in [0.15, 0.2) is 54.6 Å². The van der Waals surface area contributed by atoms with E-state index < -0.39 is 0 Å². The number of ether oxygens (including phenoxy) is 2. The molecule has 0 radical (unpaired) electrons. The van der Waals surface area contributed by atoms with Crippen molar-refractivity contribution in [3.63, 3.8) is 0 Å². The summed E-state index contributed by atoms with van der Waals surface area (Å²) in [6.07, 6.45) is 2.43. The van der Waals surface area contributed by atoms with Crippen LogP contribution in [-0.2, 0) is 11.3 Å². The molecule has 0 atom stereocenters. The fraction of sp³-hybridized carbons (Fsp3) is 0.500. The third-order valence-corrected chi connectivity index (χ3v) is 6.46. The van der Waals surface area contributed by atoms with Gasteiger partial charge in [0, 0.05) is 65.0 Å². The third kappa shape index (κ3) is 6.31. The highest BCUT2D eigenvalue weighted by atomic mass is 16.5. The van der Waals surface area contributed by atoms with Crippen LogP contribution in [0.25, 0.3) is 0 Å². The lowest BCUT2D eigenvalue weighted by atomic mass is 10.1. The lowest BCUT2D eigenvalue weighted by molar-refractivity contribution is 0.0628. The van der Waals surface area contributed by atoms with Crippen molar-refractivity contribution in [2.24, 2.45) is 0 Å². The summed E-state index contributed by atoms with van der Waals surface area (Å²) >= 11 is 0. The number of piperidine rings is 1. The maximum absolute atomic E-state index is 12.6. The van der Waals surface area contributed by atoms with Gasteiger partial charge >= 0.3 is 0 Å². The van der Waals surface area contributed by atoms with Gasteiger partial charge in [-0.1, -0.05) is 30.3 Å². The number of hydrogen-bond acceptors (Lipinski definition) is 5. The molecular formula is C26H35N3O3. The van der Waals surface area contributed by atoms with Gasteiger partial charge in [-0.15, -0.1) is 0 Å². The Morgan fingerprint density at radius 2 is 1.56 bits per heavy atom. The first kappa shape index (κ1) is 22.8. The zero-order chi connectivity index (χ0) is 22.2. The summed E-state index contributed by atoms with van der Waals surface area (Å²) in [5, 5.41) is 0. The van der Waals surface area contributed by atoms with E-state index in [2.05, 4.69) is 34.1 Å². The maximum atomic E-state index is 12.6. The average molecular weight is 438 g/mol. The number of carbonyl (C=O) groups is 1. The fourth-order valence-electron chi connectivity index (χ4n) is 4.47. The Labute approximate surface area is 191 Å². The molecule has 32 heavy (non-hydrogen) atoms. The average Bonchev–Trinajstić information content (AvgIpc) is 2.85. The zero-order valence-electron chi connectivity index (χ0n) is 19.1. The molecule has 172 valence electrons. The van der Waals surface area contributed by atoms with E-state index in [1.807, 2.05) is 35.2 Å². The third-order valence-electron chi connectivity index (χ3n) is 6.46. The molecule has 2 aliphatic heterocycles. The molecule has 0 aliphatic carbocycles. The van der Waals surface area contributed by atoms with Crippen molar-refractivity contribution >= 4 is 5.91 Å². The first-order valence-corrected chi connectivity index (χ1v) is 11.7. The molecule has 1 amide bonds. The Kier molecular flexibility index (Phi) is 8.15. The summed E-state index contributed by atoms with van der Waals surface area (Å²) in [6, 6.07) is 18.1. The molecule has 0 aromatic heterocycles. The smallest absolute Gasteiger partial charge is 0.253 e. The van der Waals surface area contributed by atoms with Gasteiger partial charge < -0.3 is 19.3 Å². The SMILES string of the molecule is COCCN1CCC(Oc2ccc(CN3CCN(C(=O)c4ccccc4)CC3)cc2)CC1. The number of hydrogen-bond donors (Lipinski definition) is 0. The van der Waals surface area contributed by atoms with Crippen molar-refractivity contribution in [3.8, 4) is 5.75 Å². The van der Waals surface area contributed by atoms with Crippen LogP contribution in [0.5, 0.6) is 5.75 Å². The molecular weight excluding hydrogens is 402 g/mol. The Balaban J connectivity index is 1.19. The zero-order valence-corrected chi connectivity index (χ0v) is 19.1. The summed E-state index contributed by atoms with van der Waals surface area (Å²) in [6.45, 7) is 8.21. The number of piperazine rings is 1. The van der Waals surface area contributed by atoms with Crippen LogP contribution in [0.2, 0.25) is 0 Å². The summed E-state index contributed by atoms with van der Waals surface area (Å²) in [4.78, 5) is 19.4. The normalized spacial score (nSPS) is 18.6. The number of amides is 1. The topological polar surface area (TPSA) is 45.3 Å². The minimum Gasteiger partial charge on any atom is -0.490 e. The van der Waals surface area contributed by atoms with Crippen LogP contribution in [-0.4, -0.2) is 86.2 Å². The van der Waals surface area contributed by atoms with E-state index in [-0.39, 0.29) is 5.91 Å². The first-order valence-electron chi connectivity index (χ1n) is 11.7. The van der Waals surface area contributed by atoms with Gasteiger partial charge in [0.25, 0.3) is 5.91 Å². The van der Waals surface area contributed by atoms with Crippen LogP contribution in [0.4, 0.5) is 0 Å². The van der Waals surface area contributed by atoms with E-state index in [4.69, 9.17) is 9.47 Å². The molecule has 2 saturated heterocycles. The summed E-state index contributed by atoms with van der Waals surface area (Å²) in [5.41, 5.74) is 2.06. The lowest BCUT2D eigenvalue weighted by Crippen LogP contribution is -2.48. The van der Waals surface area contributed by atoms with Gasteiger partial charge in [0.05, 0.1) is 6.61 Å². The first-order chi connectivity index (χ1) is 15.7. The van der Waals surface area contributed by atoms with Crippen LogP contribution in [0.3, 0.4) is 0 Å². The molecule has 2 aromatic rings. The Hall–Kier alpha value is -2.41. The minimum atomic E-state index is 0.135. The van der Waals surface area contributed by atoms with Gasteiger partial charge in [-0.3, -0.25) is 9.69 Å². The molecule has 0 bridgehead atoms. The number of methoxy groups -OCH3 is 1. The van der Waals surface area contributed by atoms with E-state index >= 15 is 0 Å². The summed E-state index contributed by atoms with van der Waals surface area (Å²) in [7, 11) is 1.76. The van der Waals surface area contributed by atoms with Gasteiger partial charge in [-0.2, -0.15) is 0 Å². The molecule has 4 rings (SSSR count). The standard InChI is InChI=1S/C26H35N3O3/c1-31-20-19-27-13-11-25(12-14-27)32-24-9-7-22(8-10-24)21-28-15-17-29(18-16-28)26(30)23-5-3-2-4-6-23/h2-10,25H,11-21H2,1H3. The predicted octanol–water partition coefficient (Wildman–Crippen LogP) is 3.13. The van der Waals surface area contributed by atoms with Crippen LogP contribution in [0.1, 0.15) is 28.8 Å². The largest absolute Gasteiger partial charge is 0.490 e. The molecule has 0 N–H and O–H groups in total. The van der Waals surface area contributed by atoms with E-state index in [9.17, 15) is 4.79 Å². The monoisotopic (exact) mass is 437 g/mol. The predicted molar refractivity (Wildman–Crippen MR) is 126 cm³/mol. The number of nitrogens with zero attached hydrogens (tertiary/aromatic N) is 3. The van der Waals surface area contributed by atoms with Gasteiger partial charge in [-0.05, 0) is 42.7 Å². The molecule has 2 aromatic carbocycles. The highest BCUT2D eigenvalue weighted by molar-refractivity contribution is 5.94. The number of carbonyl (C=O) groups excluding carboxylic acids is 1. The Bertz CT molecular complexity index is 827. The van der Waals surface area contributed by atoms with E-state index in [1.165, 1.54) is 5.56 Å². The van der Waals surface area contributed by atoms with Crippen LogP contribution < -0.4 is 4.74 Å². The molecule has 2 aliphatic rings. The molecule has 0 saturated carbocycles. The number of benzene rings is 2. The Morgan fingerprint density at radius 3 is 2.22 bits per heavy atom. The maximum Gasteiger partial charge on any atom is 0.253 e. The minimum absolute atomic E-state index is 0.135. The van der Waals surface area contributed by atoms with Crippen molar-refractivity contribution < 1.29 is 14.3 Å². The van der Waals surface area contributed by atoms with Crippen molar-refractivity contribution in [2.45, 2.75) is 25.5 Å². The highest BCUT2D eigenvalue weighted by Crippen LogP contribution is 2.20. The summed E-state index contributed by atoms with van der Waals surface area (Å²) in [5.74, 6) is 1.10. The molecule has 2 fully saturated rings. The summed E-state index contributed by atoms with van der Waals surface area (Å²) < 4.78 is 11.4. The van der Waals surface area contributed by atoms with Gasteiger partial charge in [0.15, 0.2) is 0 Å². The van der Waals surface area contributed by atoms with Gasteiger partial charge in [-0.25, -0.2) is 0 Å². The number of rotatable bonds is 8. The molecule has 0 spiro atoms. The van der Waals surface area contributed by atoms with E-state index in [1.54, 1.807) is 7.11 Å². The Morgan fingerprint density at radius 1 is 0.875 bits per heavy atom. The second-order valence-corrected chi connectivity index (χ2v) is 8.73. The highest BCUT2D eigenvalue weighted by Gasteiger charge is 2.22. The van der Waals surface area contributed by atoms with Crippen molar-refractivity contribution in [2.75, 3.05) is 59.5 Å². The molecule has 6 nitrogen and oxygen atoms in total. The second kappa shape index (κ2) is 11.5. The molecule has 2 heterocycles. The van der Waals surface area contributed by atoms with Crippen molar-refractivity contribution in [1.29, 1.82) is 0 Å².